The van der Waals surface area contributed by atoms with Crippen molar-refractivity contribution >= 4 is 18.0 Å². The van der Waals surface area contributed by atoms with Crippen LogP contribution in [-0.4, -0.2) is 46.4 Å². The Kier molecular flexibility index (Phi) is 8.18. The van der Waals surface area contributed by atoms with Crippen molar-refractivity contribution in [2.45, 2.75) is 13.3 Å². The first kappa shape index (κ1) is 19.3. The average molecular weight is 337 g/mol. The van der Waals surface area contributed by atoms with Gasteiger partial charge in [0.2, 0.25) is 5.75 Å². The van der Waals surface area contributed by atoms with Crippen molar-refractivity contribution in [2.75, 3.05) is 34.5 Å². The number of benzene rings is 1. The maximum Gasteiger partial charge on any atom is 0.331 e. The van der Waals surface area contributed by atoms with Crippen molar-refractivity contribution in [1.82, 2.24) is 5.32 Å². The Labute approximate surface area is 141 Å². The summed E-state index contributed by atoms with van der Waals surface area (Å²) in [6, 6.07) is 3.39. The second-order valence-corrected chi connectivity index (χ2v) is 4.75. The molecular weight excluding hydrogens is 314 g/mol. The Balaban J connectivity index is 2.72. The van der Waals surface area contributed by atoms with E-state index < -0.39 is 5.97 Å². The number of esters is 1. The fourth-order valence-electron chi connectivity index (χ4n) is 1.86. The van der Waals surface area contributed by atoms with Gasteiger partial charge in [0.1, 0.15) is 0 Å². The van der Waals surface area contributed by atoms with Gasteiger partial charge in [0.15, 0.2) is 18.1 Å². The molecule has 0 bridgehead atoms. The van der Waals surface area contributed by atoms with E-state index in [9.17, 15) is 9.59 Å². The molecule has 0 fully saturated rings. The molecule has 0 saturated heterocycles. The Morgan fingerprint density at radius 3 is 2.21 bits per heavy atom. The van der Waals surface area contributed by atoms with Gasteiger partial charge in [-0.2, -0.15) is 0 Å². The molecule has 132 valence electrons. The van der Waals surface area contributed by atoms with Gasteiger partial charge < -0.3 is 24.3 Å². The van der Waals surface area contributed by atoms with Crippen molar-refractivity contribution in [2.24, 2.45) is 0 Å². The van der Waals surface area contributed by atoms with Crippen LogP contribution >= 0.6 is 0 Å². The molecule has 0 unspecified atom stereocenters. The fourth-order valence-corrected chi connectivity index (χ4v) is 1.86. The monoisotopic (exact) mass is 337 g/mol. The number of hydrogen-bond donors (Lipinski definition) is 1. The first-order valence-corrected chi connectivity index (χ1v) is 7.47. The van der Waals surface area contributed by atoms with E-state index in [1.807, 2.05) is 6.92 Å². The molecule has 0 saturated carbocycles. The fraction of sp³-hybridized carbons (Fsp3) is 0.412. The number of nitrogens with one attached hydrogen (secondary N) is 1. The molecule has 0 radical (unpaired) electrons. The molecule has 7 heteroatoms. The lowest BCUT2D eigenvalue weighted by Gasteiger charge is -2.12. The molecule has 1 rings (SSSR count). The minimum Gasteiger partial charge on any atom is -0.493 e. The van der Waals surface area contributed by atoms with Gasteiger partial charge in [-0.15, -0.1) is 0 Å². The summed E-state index contributed by atoms with van der Waals surface area (Å²) in [6.07, 6.45) is 3.59. The molecule has 0 atom stereocenters. The molecule has 1 aromatic rings. The van der Waals surface area contributed by atoms with Gasteiger partial charge in [-0.25, -0.2) is 4.79 Å². The van der Waals surface area contributed by atoms with E-state index in [1.54, 1.807) is 12.1 Å². The summed E-state index contributed by atoms with van der Waals surface area (Å²) >= 11 is 0. The van der Waals surface area contributed by atoms with Crippen LogP contribution in [0, 0.1) is 0 Å². The van der Waals surface area contributed by atoms with E-state index in [2.05, 4.69) is 5.32 Å². The smallest absolute Gasteiger partial charge is 0.331 e. The van der Waals surface area contributed by atoms with Crippen LogP contribution in [0.15, 0.2) is 18.2 Å². The number of carbonyl (C=O) groups is 2. The molecule has 0 spiro atoms. The highest BCUT2D eigenvalue weighted by Gasteiger charge is 2.12. The normalized spacial score (nSPS) is 10.3. The van der Waals surface area contributed by atoms with Crippen LogP contribution in [-0.2, 0) is 14.3 Å². The second kappa shape index (κ2) is 10.1. The number of carbonyl (C=O) groups excluding carboxylic acids is 2. The van der Waals surface area contributed by atoms with E-state index in [0.29, 0.717) is 29.4 Å². The van der Waals surface area contributed by atoms with Gasteiger partial charge >= 0.3 is 5.97 Å². The van der Waals surface area contributed by atoms with E-state index in [1.165, 1.54) is 33.5 Å². The second-order valence-electron chi connectivity index (χ2n) is 4.75. The SMILES string of the molecule is CCCNC(=O)COC(=O)C=Cc1cc(OC)c(OC)c(OC)c1. The standard InChI is InChI=1S/C17H23NO6/c1-5-8-18-15(19)11-24-16(20)7-6-12-9-13(21-2)17(23-4)14(10-12)22-3/h6-7,9-10H,5,8,11H2,1-4H3,(H,18,19). The zero-order valence-electron chi connectivity index (χ0n) is 14.4. The Bertz CT molecular complexity index is 572. The minimum absolute atomic E-state index is 0.307. The molecule has 0 aromatic heterocycles. The molecular formula is C17H23NO6. The van der Waals surface area contributed by atoms with E-state index >= 15 is 0 Å². The Morgan fingerprint density at radius 2 is 1.71 bits per heavy atom. The molecule has 0 aliphatic heterocycles. The lowest BCUT2D eigenvalue weighted by Crippen LogP contribution is -2.28. The summed E-state index contributed by atoms with van der Waals surface area (Å²) in [6.45, 7) is 2.18. The third-order valence-corrected chi connectivity index (χ3v) is 3.02. The molecule has 1 aromatic carbocycles. The summed E-state index contributed by atoms with van der Waals surface area (Å²) in [5.41, 5.74) is 0.664. The lowest BCUT2D eigenvalue weighted by molar-refractivity contribution is -0.143. The summed E-state index contributed by atoms with van der Waals surface area (Å²) in [5.74, 6) is 0.474. The first-order valence-electron chi connectivity index (χ1n) is 7.47. The van der Waals surface area contributed by atoms with Crippen molar-refractivity contribution in [1.29, 1.82) is 0 Å². The van der Waals surface area contributed by atoms with Crippen LogP contribution in [0.5, 0.6) is 17.2 Å². The lowest BCUT2D eigenvalue weighted by atomic mass is 10.1. The van der Waals surface area contributed by atoms with Crippen LogP contribution in [0.1, 0.15) is 18.9 Å². The molecule has 1 amide bonds. The molecule has 1 N–H and O–H groups in total. The highest BCUT2D eigenvalue weighted by Crippen LogP contribution is 2.38. The van der Waals surface area contributed by atoms with E-state index in [0.717, 1.165) is 6.42 Å². The van der Waals surface area contributed by atoms with E-state index in [4.69, 9.17) is 18.9 Å². The first-order chi connectivity index (χ1) is 11.5. The molecule has 0 aliphatic carbocycles. The zero-order chi connectivity index (χ0) is 17.9. The molecule has 7 nitrogen and oxygen atoms in total. The Morgan fingerprint density at radius 1 is 1.08 bits per heavy atom. The maximum atomic E-state index is 11.7. The third-order valence-electron chi connectivity index (χ3n) is 3.02. The topological polar surface area (TPSA) is 83.1 Å². The number of methoxy groups -OCH3 is 3. The number of ether oxygens (including phenoxy) is 4. The van der Waals surface area contributed by atoms with E-state index in [-0.39, 0.29) is 12.5 Å². The average Bonchev–Trinajstić information content (AvgIpc) is 2.61. The van der Waals surface area contributed by atoms with Gasteiger partial charge in [-0.1, -0.05) is 6.92 Å². The molecule has 24 heavy (non-hydrogen) atoms. The van der Waals surface area contributed by atoms with Gasteiger partial charge in [0, 0.05) is 12.6 Å². The van der Waals surface area contributed by atoms with Gasteiger partial charge in [0.25, 0.3) is 5.91 Å². The third kappa shape index (κ3) is 5.83. The highest BCUT2D eigenvalue weighted by molar-refractivity contribution is 5.89. The predicted molar refractivity (Wildman–Crippen MR) is 89.4 cm³/mol. The molecule has 0 aliphatic rings. The van der Waals surface area contributed by atoms with Crippen molar-refractivity contribution in [3.8, 4) is 17.2 Å². The molecule has 0 heterocycles. The van der Waals surface area contributed by atoms with Gasteiger partial charge in [-0.3, -0.25) is 4.79 Å². The van der Waals surface area contributed by atoms with Crippen molar-refractivity contribution in [3.63, 3.8) is 0 Å². The predicted octanol–water partition coefficient (Wildman–Crippen LogP) is 1.79. The van der Waals surface area contributed by atoms with Crippen LogP contribution in [0.25, 0.3) is 6.08 Å². The number of amides is 1. The maximum absolute atomic E-state index is 11.7. The van der Waals surface area contributed by atoms with Crippen LogP contribution in [0.4, 0.5) is 0 Å². The van der Waals surface area contributed by atoms with Gasteiger partial charge in [-0.05, 0) is 30.2 Å². The summed E-state index contributed by atoms with van der Waals surface area (Å²) in [7, 11) is 4.53. The largest absolute Gasteiger partial charge is 0.493 e. The van der Waals surface area contributed by atoms with Crippen LogP contribution < -0.4 is 19.5 Å². The van der Waals surface area contributed by atoms with Crippen LogP contribution in [0.3, 0.4) is 0 Å². The zero-order valence-corrected chi connectivity index (χ0v) is 14.4. The highest BCUT2D eigenvalue weighted by atomic mass is 16.5. The van der Waals surface area contributed by atoms with Crippen molar-refractivity contribution in [3.05, 3.63) is 23.8 Å². The quantitative estimate of drug-likeness (QED) is 0.546. The Hall–Kier alpha value is -2.70. The number of hydrogen-bond acceptors (Lipinski definition) is 6. The van der Waals surface area contributed by atoms with Crippen LogP contribution in [0.2, 0.25) is 0 Å². The number of rotatable bonds is 9. The summed E-state index contributed by atoms with van der Waals surface area (Å²) in [5, 5.41) is 2.62. The summed E-state index contributed by atoms with van der Waals surface area (Å²) in [4.78, 5) is 23.0. The minimum atomic E-state index is -0.615. The summed E-state index contributed by atoms with van der Waals surface area (Å²) < 4.78 is 20.6. The van der Waals surface area contributed by atoms with Gasteiger partial charge in [0.05, 0.1) is 21.3 Å². The van der Waals surface area contributed by atoms with Crippen molar-refractivity contribution < 1.29 is 28.5 Å².